The highest BCUT2D eigenvalue weighted by Crippen LogP contribution is 2.19. The Hall–Kier alpha value is -2.86. The first kappa shape index (κ1) is 18.5. The predicted molar refractivity (Wildman–Crippen MR) is 93.0 cm³/mol. The lowest BCUT2D eigenvalue weighted by Gasteiger charge is -2.06. The fraction of sp³-hybridized carbons (Fsp3) is 0.111. The molecule has 5 nitrogen and oxygen atoms in total. The van der Waals surface area contributed by atoms with Crippen molar-refractivity contribution in [1.29, 1.82) is 0 Å². The molecule has 0 aliphatic carbocycles. The van der Waals surface area contributed by atoms with Gasteiger partial charge in [-0.15, -0.1) is 0 Å². The fourth-order valence-electron chi connectivity index (χ4n) is 1.84. The van der Waals surface area contributed by atoms with Crippen LogP contribution in [0.3, 0.4) is 0 Å². The van der Waals surface area contributed by atoms with Gasteiger partial charge < -0.3 is 14.8 Å². The largest absolute Gasteiger partial charge is 0.497 e. The second-order valence-corrected chi connectivity index (χ2v) is 5.32. The van der Waals surface area contributed by atoms with Crippen LogP contribution in [0.25, 0.3) is 6.08 Å². The van der Waals surface area contributed by atoms with E-state index in [2.05, 4.69) is 5.32 Å². The van der Waals surface area contributed by atoms with E-state index < -0.39 is 24.3 Å². The molecule has 0 saturated carbocycles. The molecule has 0 atom stereocenters. The Morgan fingerprint density at radius 1 is 1.20 bits per heavy atom. The summed E-state index contributed by atoms with van der Waals surface area (Å²) in [4.78, 5) is 23.3. The van der Waals surface area contributed by atoms with Gasteiger partial charge in [-0.3, -0.25) is 4.79 Å². The van der Waals surface area contributed by atoms with Gasteiger partial charge in [0, 0.05) is 11.1 Å². The molecule has 25 heavy (non-hydrogen) atoms. The van der Waals surface area contributed by atoms with Crippen molar-refractivity contribution in [2.24, 2.45) is 0 Å². The van der Waals surface area contributed by atoms with E-state index in [1.807, 2.05) is 0 Å². The number of amides is 1. The summed E-state index contributed by atoms with van der Waals surface area (Å²) < 4.78 is 23.3. The molecule has 7 heteroatoms. The zero-order valence-electron chi connectivity index (χ0n) is 13.3. The van der Waals surface area contributed by atoms with Gasteiger partial charge in [-0.25, -0.2) is 9.18 Å². The number of benzene rings is 2. The molecular weight excluding hydrogens is 349 g/mol. The number of carbonyl (C=O) groups is 2. The molecule has 130 valence electrons. The zero-order valence-corrected chi connectivity index (χ0v) is 14.0. The number of esters is 1. The third-order valence-electron chi connectivity index (χ3n) is 3.08. The molecule has 2 aromatic rings. The van der Waals surface area contributed by atoms with Crippen LogP contribution in [0.2, 0.25) is 5.02 Å². The number of carbonyl (C=O) groups excluding carboxylic acids is 2. The normalized spacial score (nSPS) is 10.5. The molecule has 1 N–H and O–H groups in total. The van der Waals surface area contributed by atoms with Crippen molar-refractivity contribution >= 4 is 35.2 Å². The van der Waals surface area contributed by atoms with Crippen LogP contribution in [-0.4, -0.2) is 25.6 Å². The first-order valence-corrected chi connectivity index (χ1v) is 7.59. The molecule has 0 saturated heterocycles. The summed E-state index contributed by atoms with van der Waals surface area (Å²) in [5.41, 5.74) is 0.686. The molecule has 0 heterocycles. The lowest BCUT2D eigenvalue weighted by molar-refractivity contribution is -0.142. The van der Waals surface area contributed by atoms with E-state index in [0.29, 0.717) is 5.75 Å². The van der Waals surface area contributed by atoms with Crippen molar-refractivity contribution in [2.45, 2.75) is 0 Å². The Labute approximate surface area is 149 Å². The highest BCUT2D eigenvalue weighted by Gasteiger charge is 2.09. The average Bonchev–Trinajstić information content (AvgIpc) is 2.61. The van der Waals surface area contributed by atoms with Crippen LogP contribution in [0, 0.1) is 5.82 Å². The van der Waals surface area contributed by atoms with E-state index in [1.54, 1.807) is 31.4 Å². The van der Waals surface area contributed by atoms with Crippen LogP contribution in [0.1, 0.15) is 5.56 Å². The Morgan fingerprint density at radius 2 is 1.92 bits per heavy atom. The number of nitrogens with one attached hydrogen (secondary N) is 1. The Bertz CT molecular complexity index is 790. The molecule has 0 radical (unpaired) electrons. The number of methoxy groups -OCH3 is 1. The van der Waals surface area contributed by atoms with Crippen LogP contribution < -0.4 is 10.1 Å². The maximum absolute atomic E-state index is 13.5. The third-order valence-corrected chi connectivity index (χ3v) is 3.31. The highest BCUT2D eigenvalue weighted by molar-refractivity contribution is 6.30. The summed E-state index contributed by atoms with van der Waals surface area (Å²) in [6.07, 6.45) is 2.73. The second kappa shape index (κ2) is 8.84. The minimum Gasteiger partial charge on any atom is -0.497 e. The van der Waals surface area contributed by atoms with Crippen molar-refractivity contribution in [3.63, 3.8) is 0 Å². The molecule has 0 aliphatic heterocycles. The Morgan fingerprint density at radius 3 is 2.60 bits per heavy atom. The van der Waals surface area contributed by atoms with Crippen molar-refractivity contribution in [2.75, 3.05) is 19.0 Å². The molecule has 0 unspecified atom stereocenters. The molecule has 0 aliphatic rings. The summed E-state index contributed by atoms with van der Waals surface area (Å²) in [5, 5.41) is 2.55. The van der Waals surface area contributed by atoms with E-state index in [1.165, 1.54) is 24.3 Å². The predicted octanol–water partition coefficient (Wildman–Crippen LogP) is 3.68. The minimum atomic E-state index is -0.697. The second-order valence-electron chi connectivity index (χ2n) is 4.89. The van der Waals surface area contributed by atoms with Crippen LogP contribution in [0.4, 0.5) is 10.1 Å². The summed E-state index contributed by atoms with van der Waals surface area (Å²) >= 11 is 5.73. The number of rotatable bonds is 6. The van der Waals surface area contributed by atoms with Crippen molar-refractivity contribution < 1.29 is 23.5 Å². The molecule has 1 amide bonds. The first-order chi connectivity index (χ1) is 12.0. The third kappa shape index (κ3) is 5.93. The topological polar surface area (TPSA) is 64.6 Å². The van der Waals surface area contributed by atoms with Crippen LogP contribution in [0.15, 0.2) is 48.5 Å². The first-order valence-electron chi connectivity index (χ1n) is 7.22. The molecule has 2 rings (SSSR count). The Balaban J connectivity index is 1.83. The van der Waals surface area contributed by atoms with Gasteiger partial charge in [-0.1, -0.05) is 23.7 Å². The maximum Gasteiger partial charge on any atom is 0.331 e. The van der Waals surface area contributed by atoms with Gasteiger partial charge >= 0.3 is 5.97 Å². The number of hydrogen-bond acceptors (Lipinski definition) is 4. The van der Waals surface area contributed by atoms with Crippen molar-refractivity contribution in [1.82, 2.24) is 0 Å². The van der Waals surface area contributed by atoms with Gasteiger partial charge in [-0.05, 0) is 42.0 Å². The maximum atomic E-state index is 13.5. The van der Waals surface area contributed by atoms with Crippen molar-refractivity contribution in [3.8, 4) is 5.75 Å². The molecule has 0 bridgehead atoms. The standard InChI is InChI=1S/C18H15ClFNO4/c1-24-14-6-2-12(3-7-14)4-9-18(23)25-11-17(22)21-16-10-13(19)5-8-15(16)20/h2-10H,11H2,1H3,(H,21,22)/b9-4+. The Kier molecular flexibility index (Phi) is 6.54. The van der Waals surface area contributed by atoms with E-state index in [4.69, 9.17) is 21.1 Å². The van der Waals surface area contributed by atoms with Gasteiger partial charge in [0.15, 0.2) is 6.61 Å². The smallest absolute Gasteiger partial charge is 0.331 e. The molecular formula is C18H15ClFNO4. The summed E-state index contributed by atoms with van der Waals surface area (Å²) in [7, 11) is 1.56. The zero-order chi connectivity index (χ0) is 18.2. The van der Waals surface area contributed by atoms with Gasteiger partial charge in [-0.2, -0.15) is 0 Å². The number of hydrogen-bond donors (Lipinski definition) is 1. The lowest BCUT2D eigenvalue weighted by atomic mass is 10.2. The number of halogens is 2. The lowest BCUT2D eigenvalue weighted by Crippen LogP contribution is -2.20. The molecule has 0 fully saturated rings. The van der Waals surface area contributed by atoms with Crippen molar-refractivity contribution in [3.05, 3.63) is 64.9 Å². The summed E-state index contributed by atoms with van der Waals surface area (Å²) in [6.45, 7) is -0.544. The quantitative estimate of drug-likeness (QED) is 0.628. The van der Waals surface area contributed by atoms with E-state index in [9.17, 15) is 14.0 Å². The van der Waals surface area contributed by atoms with Gasteiger partial charge in [0.1, 0.15) is 11.6 Å². The highest BCUT2D eigenvalue weighted by atomic mass is 35.5. The van der Waals surface area contributed by atoms with Crippen LogP contribution >= 0.6 is 11.6 Å². The molecule has 0 spiro atoms. The van der Waals surface area contributed by atoms with Gasteiger partial charge in [0.25, 0.3) is 5.91 Å². The fourth-order valence-corrected chi connectivity index (χ4v) is 2.02. The van der Waals surface area contributed by atoms with Gasteiger partial charge in [0.05, 0.1) is 12.8 Å². The monoisotopic (exact) mass is 363 g/mol. The number of anilines is 1. The molecule has 0 aromatic heterocycles. The van der Waals surface area contributed by atoms with Crippen LogP contribution in [0.5, 0.6) is 5.75 Å². The van der Waals surface area contributed by atoms with E-state index in [-0.39, 0.29) is 10.7 Å². The summed E-state index contributed by atoms with van der Waals surface area (Å²) in [5.74, 6) is -1.31. The minimum absolute atomic E-state index is 0.0812. The van der Waals surface area contributed by atoms with E-state index >= 15 is 0 Å². The SMILES string of the molecule is COc1ccc(/C=C/C(=O)OCC(=O)Nc2cc(Cl)ccc2F)cc1. The average molecular weight is 364 g/mol. The van der Waals surface area contributed by atoms with E-state index in [0.717, 1.165) is 11.6 Å². The molecule has 2 aromatic carbocycles. The number of ether oxygens (including phenoxy) is 2. The summed E-state index contributed by atoms with van der Waals surface area (Å²) in [6, 6.07) is 10.8. The van der Waals surface area contributed by atoms with Crippen LogP contribution in [-0.2, 0) is 14.3 Å². The van der Waals surface area contributed by atoms with Gasteiger partial charge in [0.2, 0.25) is 0 Å².